The Kier molecular flexibility index (Phi) is 3.45. The third-order valence-electron chi connectivity index (χ3n) is 3.12. The average Bonchev–Trinajstić information content (AvgIpc) is 2.75. The normalized spacial score (nSPS) is 14.8. The summed E-state index contributed by atoms with van der Waals surface area (Å²) in [6.45, 7) is 5.65. The average molecular weight is 266 g/mol. The number of benzene rings is 1. The molecule has 18 heavy (non-hydrogen) atoms. The predicted molar refractivity (Wildman–Crippen MR) is 68.9 cm³/mol. The molecule has 0 fully saturated rings. The van der Waals surface area contributed by atoms with E-state index in [9.17, 15) is 9.50 Å². The molecule has 3 nitrogen and oxygen atoms in total. The molecular weight excluding hydrogens is 251 g/mol. The molecule has 1 aromatic carbocycles. The molecule has 1 aromatic heterocycles. The number of rotatable bonds is 3. The Balaban J connectivity index is 2.58. The summed E-state index contributed by atoms with van der Waals surface area (Å²) in [7, 11) is 0. The number of aromatic nitrogens is 2. The first-order chi connectivity index (χ1) is 8.46. The molecule has 5 heteroatoms. The third kappa shape index (κ3) is 2.04. The fourth-order valence-electron chi connectivity index (χ4n) is 2.01. The summed E-state index contributed by atoms with van der Waals surface area (Å²) in [6, 6.07) is 5.92. The largest absolute Gasteiger partial charge is 0.379 e. The summed E-state index contributed by atoms with van der Waals surface area (Å²) in [6.07, 6.45) is 0. The SMILES string of the molecule is Cc1nnsc1C(O)(c1ccc(F)cc1)C(C)C. The summed E-state index contributed by atoms with van der Waals surface area (Å²) in [4.78, 5) is 0.712. The number of aryl methyl sites for hydroxylation is 1. The van der Waals surface area contributed by atoms with Crippen LogP contribution < -0.4 is 0 Å². The number of hydrogen-bond donors (Lipinski definition) is 1. The zero-order chi connectivity index (χ0) is 13.3. The van der Waals surface area contributed by atoms with Crippen molar-refractivity contribution in [3.8, 4) is 0 Å². The number of hydrogen-bond acceptors (Lipinski definition) is 4. The fraction of sp³-hybridized carbons (Fsp3) is 0.385. The van der Waals surface area contributed by atoms with Gasteiger partial charge in [-0.1, -0.05) is 30.5 Å². The van der Waals surface area contributed by atoms with E-state index in [2.05, 4.69) is 9.59 Å². The highest BCUT2D eigenvalue weighted by molar-refractivity contribution is 7.05. The van der Waals surface area contributed by atoms with Crippen LogP contribution in [0, 0.1) is 18.7 Å². The van der Waals surface area contributed by atoms with Gasteiger partial charge in [0.25, 0.3) is 0 Å². The van der Waals surface area contributed by atoms with Crippen LogP contribution in [0.4, 0.5) is 4.39 Å². The molecule has 0 saturated carbocycles. The summed E-state index contributed by atoms with van der Waals surface area (Å²) in [5.41, 5.74) is 0.194. The molecular formula is C13H15FN2OS. The van der Waals surface area contributed by atoms with E-state index in [0.717, 1.165) is 0 Å². The third-order valence-corrected chi connectivity index (χ3v) is 4.07. The van der Waals surface area contributed by atoms with Gasteiger partial charge in [-0.15, -0.1) is 5.10 Å². The molecule has 0 saturated heterocycles. The number of nitrogens with zero attached hydrogens (tertiary/aromatic N) is 2. The van der Waals surface area contributed by atoms with E-state index in [1.807, 2.05) is 20.8 Å². The maximum Gasteiger partial charge on any atom is 0.129 e. The Morgan fingerprint density at radius 3 is 2.33 bits per heavy atom. The van der Waals surface area contributed by atoms with Crippen LogP contribution in [0.3, 0.4) is 0 Å². The highest BCUT2D eigenvalue weighted by Crippen LogP contribution is 2.39. The molecule has 1 N–H and O–H groups in total. The van der Waals surface area contributed by atoms with Gasteiger partial charge >= 0.3 is 0 Å². The van der Waals surface area contributed by atoms with E-state index in [1.54, 1.807) is 12.1 Å². The van der Waals surface area contributed by atoms with E-state index in [4.69, 9.17) is 0 Å². The number of halogens is 1. The molecule has 1 unspecified atom stereocenters. The monoisotopic (exact) mass is 266 g/mol. The second-order valence-corrected chi connectivity index (χ2v) is 5.37. The van der Waals surface area contributed by atoms with E-state index >= 15 is 0 Å². The Labute approximate surface area is 109 Å². The molecule has 0 bridgehead atoms. The van der Waals surface area contributed by atoms with Crippen molar-refractivity contribution in [2.45, 2.75) is 26.4 Å². The van der Waals surface area contributed by atoms with Gasteiger partial charge in [0.1, 0.15) is 11.4 Å². The van der Waals surface area contributed by atoms with Gasteiger partial charge in [-0.2, -0.15) is 0 Å². The first kappa shape index (κ1) is 13.1. The van der Waals surface area contributed by atoms with Crippen LogP contribution in [0.15, 0.2) is 24.3 Å². The van der Waals surface area contributed by atoms with Crippen LogP contribution in [0.1, 0.15) is 30.0 Å². The Bertz CT molecular complexity index is 538. The van der Waals surface area contributed by atoms with E-state index in [1.165, 1.54) is 23.7 Å². The summed E-state index contributed by atoms with van der Waals surface area (Å²) in [5, 5.41) is 14.9. The van der Waals surface area contributed by atoms with Gasteiger partial charge in [-0.25, -0.2) is 4.39 Å². The fourth-order valence-corrected chi connectivity index (χ4v) is 2.92. The van der Waals surface area contributed by atoms with Crippen molar-refractivity contribution in [1.82, 2.24) is 9.59 Å². The molecule has 0 aliphatic carbocycles. The predicted octanol–water partition coefficient (Wildman–Crippen LogP) is 2.88. The van der Waals surface area contributed by atoms with E-state index in [0.29, 0.717) is 16.1 Å². The molecule has 1 atom stereocenters. The highest BCUT2D eigenvalue weighted by atomic mass is 32.1. The second kappa shape index (κ2) is 4.74. The Morgan fingerprint density at radius 2 is 1.89 bits per heavy atom. The van der Waals surface area contributed by atoms with Crippen molar-refractivity contribution < 1.29 is 9.50 Å². The van der Waals surface area contributed by atoms with Crippen molar-refractivity contribution in [3.63, 3.8) is 0 Å². The molecule has 0 aliphatic heterocycles. The van der Waals surface area contributed by atoms with Gasteiger partial charge < -0.3 is 5.11 Å². The van der Waals surface area contributed by atoms with Crippen LogP contribution in [-0.2, 0) is 5.60 Å². The lowest BCUT2D eigenvalue weighted by atomic mass is 9.81. The minimum atomic E-state index is -1.17. The minimum absolute atomic E-state index is 0.0658. The highest BCUT2D eigenvalue weighted by Gasteiger charge is 2.38. The topological polar surface area (TPSA) is 46.0 Å². The molecule has 2 rings (SSSR count). The zero-order valence-corrected chi connectivity index (χ0v) is 11.3. The molecule has 0 spiro atoms. The lowest BCUT2D eigenvalue weighted by molar-refractivity contribution is 0.0345. The van der Waals surface area contributed by atoms with Gasteiger partial charge in [-0.05, 0) is 42.1 Å². The standard InChI is InChI=1S/C13H15FN2OS/c1-8(2)13(17,12-9(3)15-16-18-12)10-4-6-11(14)7-5-10/h4-8,17H,1-3H3. The lowest BCUT2D eigenvalue weighted by Gasteiger charge is -2.31. The Hall–Kier alpha value is -1.33. The Morgan fingerprint density at radius 1 is 1.28 bits per heavy atom. The summed E-state index contributed by atoms with van der Waals surface area (Å²) in [5.74, 6) is -0.382. The molecule has 1 heterocycles. The van der Waals surface area contributed by atoms with Gasteiger partial charge in [0.2, 0.25) is 0 Å². The van der Waals surface area contributed by atoms with E-state index < -0.39 is 5.60 Å². The van der Waals surface area contributed by atoms with Crippen molar-refractivity contribution in [1.29, 1.82) is 0 Å². The van der Waals surface area contributed by atoms with Crippen LogP contribution >= 0.6 is 11.5 Å². The quantitative estimate of drug-likeness (QED) is 0.929. The van der Waals surface area contributed by atoms with Crippen LogP contribution in [0.25, 0.3) is 0 Å². The van der Waals surface area contributed by atoms with Gasteiger partial charge in [0.15, 0.2) is 0 Å². The zero-order valence-electron chi connectivity index (χ0n) is 10.5. The first-order valence-corrected chi connectivity index (χ1v) is 6.51. The summed E-state index contributed by atoms with van der Waals surface area (Å²) < 4.78 is 16.9. The van der Waals surface area contributed by atoms with Gasteiger partial charge in [0, 0.05) is 0 Å². The smallest absolute Gasteiger partial charge is 0.129 e. The maximum absolute atomic E-state index is 13.0. The van der Waals surface area contributed by atoms with Crippen LogP contribution in [0.2, 0.25) is 0 Å². The van der Waals surface area contributed by atoms with Crippen LogP contribution in [-0.4, -0.2) is 14.7 Å². The molecule has 0 aliphatic rings. The number of aliphatic hydroxyl groups is 1. The van der Waals surface area contributed by atoms with Crippen molar-refractivity contribution in [2.75, 3.05) is 0 Å². The first-order valence-electron chi connectivity index (χ1n) is 5.74. The van der Waals surface area contributed by atoms with Crippen molar-refractivity contribution in [2.24, 2.45) is 5.92 Å². The van der Waals surface area contributed by atoms with E-state index in [-0.39, 0.29) is 11.7 Å². The molecule has 0 radical (unpaired) electrons. The minimum Gasteiger partial charge on any atom is -0.379 e. The summed E-state index contributed by atoms with van der Waals surface area (Å²) >= 11 is 1.18. The van der Waals surface area contributed by atoms with Crippen LogP contribution in [0.5, 0.6) is 0 Å². The molecule has 0 amide bonds. The molecule has 96 valence electrons. The van der Waals surface area contributed by atoms with Crippen molar-refractivity contribution >= 4 is 11.5 Å². The van der Waals surface area contributed by atoms with Gasteiger partial charge in [-0.3, -0.25) is 0 Å². The van der Waals surface area contributed by atoms with Crippen molar-refractivity contribution in [3.05, 3.63) is 46.2 Å². The lowest BCUT2D eigenvalue weighted by Crippen LogP contribution is -2.33. The second-order valence-electron chi connectivity index (χ2n) is 4.62. The molecule has 2 aromatic rings. The maximum atomic E-state index is 13.0. The van der Waals surface area contributed by atoms with Gasteiger partial charge in [0.05, 0.1) is 10.6 Å².